The Labute approximate surface area is 144 Å². The molecule has 0 heterocycles. The number of hydrogen-bond donors (Lipinski definition) is 0. The van der Waals surface area contributed by atoms with Crippen LogP contribution in [0.3, 0.4) is 0 Å². The second-order valence-corrected chi connectivity index (χ2v) is 8.35. The largest absolute Gasteiger partial charge is 0.468 e. The van der Waals surface area contributed by atoms with Crippen molar-refractivity contribution in [2.75, 3.05) is 13.7 Å². The highest BCUT2D eigenvalue weighted by atomic mass is 32.2. The first-order valence-electron chi connectivity index (χ1n) is 8.11. The molecule has 2 rings (SSSR count). The van der Waals surface area contributed by atoms with Crippen molar-refractivity contribution in [3.8, 4) is 0 Å². The second-order valence-electron chi connectivity index (χ2n) is 6.46. The number of allylic oxidation sites excluding steroid dienone is 1. The van der Waals surface area contributed by atoms with Crippen molar-refractivity contribution in [1.82, 2.24) is 4.31 Å². The fourth-order valence-electron chi connectivity index (χ4n) is 2.55. The van der Waals surface area contributed by atoms with Gasteiger partial charge in [-0.1, -0.05) is 43.2 Å². The minimum Gasteiger partial charge on any atom is -0.468 e. The van der Waals surface area contributed by atoms with Gasteiger partial charge >= 0.3 is 5.97 Å². The summed E-state index contributed by atoms with van der Waals surface area (Å²) >= 11 is 0. The summed E-state index contributed by atoms with van der Waals surface area (Å²) in [6.45, 7) is 5.73. The zero-order valence-electron chi connectivity index (χ0n) is 14.7. The van der Waals surface area contributed by atoms with Gasteiger partial charge in [-0.2, -0.15) is 4.31 Å². The number of carbonyl (C=O) groups excluding carboxylic acids is 1. The van der Waals surface area contributed by atoms with Crippen LogP contribution in [0.25, 0.3) is 0 Å². The van der Waals surface area contributed by atoms with Crippen molar-refractivity contribution in [1.29, 1.82) is 0 Å². The summed E-state index contributed by atoms with van der Waals surface area (Å²) in [7, 11) is -2.51. The lowest BCUT2D eigenvalue weighted by Gasteiger charge is -2.30. The Hall–Kier alpha value is -1.66. The van der Waals surface area contributed by atoms with Gasteiger partial charge in [-0.05, 0) is 37.8 Å². The highest BCUT2D eigenvalue weighted by Crippen LogP contribution is 2.29. The highest BCUT2D eigenvalue weighted by Gasteiger charge is 2.38. The van der Waals surface area contributed by atoms with Crippen LogP contribution in [0.1, 0.15) is 32.3 Å². The number of benzene rings is 1. The summed E-state index contributed by atoms with van der Waals surface area (Å²) in [5.41, 5.74) is 2.21. The first kappa shape index (κ1) is 18.7. The molecule has 0 amide bonds. The third-order valence-corrected chi connectivity index (χ3v) is 5.97. The SMILES string of the molecule is COC(=O)[C@H](C(C)C)N(CC=C1CC1)S(=O)(=O)c1ccc(C)cc1. The molecule has 24 heavy (non-hydrogen) atoms. The van der Waals surface area contributed by atoms with Gasteiger partial charge in [0, 0.05) is 6.54 Å². The van der Waals surface area contributed by atoms with E-state index in [1.54, 1.807) is 24.3 Å². The number of hydrogen-bond acceptors (Lipinski definition) is 4. The van der Waals surface area contributed by atoms with E-state index in [0.29, 0.717) is 0 Å². The van der Waals surface area contributed by atoms with Crippen LogP contribution in [0, 0.1) is 12.8 Å². The molecular formula is C18H25NO4S. The molecule has 1 fully saturated rings. The van der Waals surface area contributed by atoms with E-state index in [0.717, 1.165) is 18.4 Å². The van der Waals surface area contributed by atoms with Crippen molar-refractivity contribution in [2.24, 2.45) is 5.92 Å². The normalized spacial score (nSPS) is 15.5. The lowest BCUT2D eigenvalue weighted by molar-refractivity contribution is -0.146. The van der Waals surface area contributed by atoms with Crippen LogP contribution in [0.15, 0.2) is 40.8 Å². The lowest BCUT2D eigenvalue weighted by atomic mass is 10.0. The number of ether oxygens (including phenoxy) is 1. The van der Waals surface area contributed by atoms with Gasteiger partial charge < -0.3 is 4.74 Å². The summed E-state index contributed by atoms with van der Waals surface area (Å²) in [6.07, 6.45) is 3.91. The molecule has 1 aliphatic rings. The van der Waals surface area contributed by atoms with E-state index in [4.69, 9.17) is 4.74 Å². The summed E-state index contributed by atoms with van der Waals surface area (Å²) in [5, 5.41) is 0. The Morgan fingerprint density at radius 2 is 1.83 bits per heavy atom. The first-order valence-corrected chi connectivity index (χ1v) is 9.55. The lowest BCUT2D eigenvalue weighted by Crippen LogP contribution is -2.48. The molecule has 1 saturated carbocycles. The highest BCUT2D eigenvalue weighted by molar-refractivity contribution is 7.89. The number of rotatable bonds is 7. The number of nitrogens with zero attached hydrogens (tertiary/aromatic N) is 1. The number of methoxy groups -OCH3 is 1. The van der Waals surface area contributed by atoms with Gasteiger partial charge in [0.15, 0.2) is 0 Å². The van der Waals surface area contributed by atoms with Crippen molar-refractivity contribution in [2.45, 2.75) is 44.6 Å². The average molecular weight is 351 g/mol. The van der Waals surface area contributed by atoms with Crippen molar-refractivity contribution >= 4 is 16.0 Å². The Morgan fingerprint density at radius 1 is 1.25 bits per heavy atom. The predicted octanol–water partition coefficient (Wildman–Crippen LogP) is 2.90. The van der Waals surface area contributed by atoms with Gasteiger partial charge in [-0.3, -0.25) is 4.79 Å². The molecule has 0 aromatic heterocycles. The fourth-order valence-corrected chi connectivity index (χ4v) is 4.20. The van der Waals surface area contributed by atoms with Crippen LogP contribution in [0.2, 0.25) is 0 Å². The van der Waals surface area contributed by atoms with Crippen LogP contribution in [-0.2, 0) is 19.6 Å². The van der Waals surface area contributed by atoms with Crippen molar-refractivity contribution in [3.63, 3.8) is 0 Å². The number of aryl methyl sites for hydroxylation is 1. The van der Waals surface area contributed by atoms with Crippen molar-refractivity contribution < 1.29 is 17.9 Å². The molecule has 0 N–H and O–H groups in total. The van der Waals surface area contributed by atoms with Crippen LogP contribution >= 0.6 is 0 Å². The quantitative estimate of drug-likeness (QED) is 0.560. The topological polar surface area (TPSA) is 63.7 Å². The predicted molar refractivity (Wildman–Crippen MR) is 93.0 cm³/mol. The van der Waals surface area contributed by atoms with Gasteiger partial charge in [-0.15, -0.1) is 0 Å². The molecule has 1 aliphatic carbocycles. The Morgan fingerprint density at radius 3 is 2.29 bits per heavy atom. The van der Waals surface area contributed by atoms with E-state index in [2.05, 4.69) is 0 Å². The monoisotopic (exact) mass is 351 g/mol. The molecule has 1 aromatic rings. The van der Waals surface area contributed by atoms with Gasteiger partial charge in [0.2, 0.25) is 10.0 Å². The maximum absolute atomic E-state index is 13.1. The van der Waals surface area contributed by atoms with Gasteiger partial charge in [-0.25, -0.2) is 8.42 Å². The smallest absolute Gasteiger partial charge is 0.324 e. The minimum absolute atomic E-state index is 0.184. The van der Waals surface area contributed by atoms with Crippen LogP contribution < -0.4 is 0 Å². The van der Waals surface area contributed by atoms with Gasteiger partial charge in [0.1, 0.15) is 6.04 Å². The molecule has 0 radical (unpaired) electrons. The molecule has 0 spiro atoms. The van der Waals surface area contributed by atoms with Gasteiger partial charge in [0.25, 0.3) is 0 Å². The zero-order chi connectivity index (χ0) is 17.9. The zero-order valence-corrected chi connectivity index (χ0v) is 15.5. The molecule has 1 aromatic carbocycles. The van der Waals surface area contributed by atoms with Crippen LogP contribution in [-0.4, -0.2) is 38.4 Å². The van der Waals surface area contributed by atoms with E-state index in [-0.39, 0.29) is 17.4 Å². The van der Waals surface area contributed by atoms with E-state index >= 15 is 0 Å². The third kappa shape index (κ3) is 4.24. The van der Waals surface area contributed by atoms with E-state index < -0.39 is 22.0 Å². The average Bonchev–Trinajstić information content (AvgIpc) is 3.34. The Bertz CT molecular complexity index is 714. The summed E-state index contributed by atoms with van der Waals surface area (Å²) < 4.78 is 32.4. The summed E-state index contributed by atoms with van der Waals surface area (Å²) in [6, 6.07) is 5.82. The Kier molecular flexibility index (Phi) is 5.83. The van der Waals surface area contributed by atoms with Crippen molar-refractivity contribution in [3.05, 3.63) is 41.5 Å². The van der Waals surface area contributed by atoms with E-state index in [1.165, 1.54) is 17.0 Å². The standard InChI is InChI=1S/C18H25NO4S/c1-13(2)17(18(20)23-4)19(12-11-15-7-8-15)24(21,22)16-9-5-14(3)6-10-16/h5-6,9-11,13,17H,7-8,12H2,1-4H3/t17-/m0/s1. The van der Waals surface area contributed by atoms with Crippen LogP contribution in [0.5, 0.6) is 0 Å². The molecule has 132 valence electrons. The second kappa shape index (κ2) is 7.49. The maximum Gasteiger partial charge on any atom is 0.324 e. The molecule has 0 aliphatic heterocycles. The Balaban J connectivity index is 2.45. The number of esters is 1. The molecule has 1 atom stereocenters. The van der Waals surface area contributed by atoms with Gasteiger partial charge in [0.05, 0.1) is 12.0 Å². The van der Waals surface area contributed by atoms with E-state index in [9.17, 15) is 13.2 Å². The fraction of sp³-hybridized carbons (Fsp3) is 0.500. The molecule has 0 saturated heterocycles. The third-order valence-electron chi connectivity index (χ3n) is 4.11. The number of sulfonamides is 1. The first-order chi connectivity index (χ1) is 11.3. The molecule has 0 bridgehead atoms. The maximum atomic E-state index is 13.1. The molecule has 5 nitrogen and oxygen atoms in total. The molecule has 6 heteroatoms. The summed E-state index contributed by atoms with van der Waals surface area (Å²) in [5.74, 6) is -0.731. The minimum atomic E-state index is -3.80. The van der Waals surface area contributed by atoms with E-state index in [1.807, 2.05) is 26.8 Å². The molecule has 0 unspecified atom stereocenters. The van der Waals surface area contributed by atoms with Crippen LogP contribution in [0.4, 0.5) is 0 Å². The number of carbonyl (C=O) groups is 1. The summed E-state index contributed by atoms with van der Waals surface area (Å²) in [4.78, 5) is 12.4. The molecular weight excluding hydrogens is 326 g/mol.